The number of methoxy groups -OCH3 is 1. The molecule has 0 aliphatic carbocycles. The van der Waals surface area contributed by atoms with Gasteiger partial charge in [-0.2, -0.15) is 0 Å². The van der Waals surface area contributed by atoms with E-state index in [1.807, 2.05) is 84.6 Å². The van der Waals surface area contributed by atoms with Crippen LogP contribution in [0.25, 0.3) is 0 Å². The van der Waals surface area contributed by atoms with E-state index >= 15 is 0 Å². The van der Waals surface area contributed by atoms with E-state index in [1.54, 1.807) is 18.9 Å². The van der Waals surface area contributed by atoms with Crippen LogP contribution in [0.1, 0.15) is 22.1 Å². The van der Waals surface area contributed by atoms with Gasteiger partial charge in [0, 0.05) is 18.0 Å². The number of rotatable bonds is 6. The first-order chi connectivity index (χ1) is 15.1. The predicted octanol–water partition coefficient (Wildman–Crippen LogP) is 5.86. The van der Waals surface area contributed by atoms with Gasteiger partial charge in [0.05, 0.1) is 7.11 Å². The summed E-state index contributed by atoms with van der Waals surface area (Å²) in [6, 6.07) is 23.7. The number of ether oxygens (including phenoxy) is 2. The molecule has 1 aliphatic rings. The summed E-state index contributed by atoms with van der Waals surface area (Å²) in [4.78, 5) is 14.8. The maximum Gasteiger partial charge on any atom is 0.323 e. The zero-order chi connectivity index (χ0) is 21.6. The molecule has 5 nitrogen and oxygen atoms in total. The van der Waals surface area contributed by atoms with Crippen molar-refractivity contribution in [2.24, 2.45) is 0 Å². The van der Waals surface area contributed by atoms with E-state index in [9.17, 15) is 4.79 Å². The molecule has 0 bridgehead atoms. The summed E-state index contributed by atoms with van der Waals surface area (Å²) in [5.41, 5.74) is 4.03. The maximum absolute atomic E-state index is 13.0. The van der Waals surface area contributed by atoms with Gasteiger partial charge >= 0.3 is 6.03 Å². The molecule has 1 heterocycles. The van der Waals surface area contributed by atoms with Gasteiger partial charge in [-0.1, -0.05) is 48.5 Å². The summed E-state index contributed by atoms with van der Waals surface area (Å²) >= 11 is 1.75. The third-order valence-corrected chi connectivity index (χ3v) is 6.39. The predicted molar refractivity (Wildman–Crippen MR) is 126 cm³/mol. The molecular weight excluding hydrogens is 408 g/mol. The standard InChI is InChI=1S/C25H26N2O3S/c1-18-7-6-10-21(15-18)26-25(28)27-13-14-31-24(27)20-11-12-22(29-2)23(16-20)30-17-19-8-4-3-5-9-19/h3-12,15-16,24H,13-14,17H2,1-2H3,(H,26,28). The third kappa shape index (κ3) is 5.14. The molecule has 1 aliphatic heterocycles. The molecule has 1 unspecified atom stereocenters. The van der Waals surface area contributed by atoms with E-state index in [4.69, 9.17) is 9.47 Å². The summed E-state index contributed by atoms with van der Waals surface area (Å²) in [6.45, 7) is 3.16. The molecule has 0 spiro atoms. The van der Waals surface area contributed by atoms with Gasteiger partial charge in [-0.05, 0) is 47.9 Å². The van der Waals surface area contributed by atoms with Gasteiger partial charge in [0.15, 0.2) is 11.5 Å². The Morgan fingerprint density at radius 3 is 2.68 bits per heavy atom. The van der Waals surface area contributed by atoms with Crippen molar-refractivity contribution in [2.75, 3.05) is 24.7 Å². The van der Waals surface area contributed by atoms with Gasteiger partial charge in [-0.25, -0.2) is 4.79 Å². The fourth-order valence-electron chi connectivity index (χ4n) is 3.57. The van der Waals surface area contributed by atoms with Crippen molar-refractivity contribution in [3.63, 3.8) is 0 Å². The van der Waals surface area contributed by atoms with Crippen molar-refractivity contribution < 1.29 is 14.3 Å². The molecule has 1 saturated heterocycles. The Bertz CT molecular complexity index is 1040. The first kappa shape index (κ1) is 21.1. The normalized spacial score (nSPS) is 15.5. The van der Waals surface area contributed by atoms with Crippen LogP contribution in [-0.4, -0.2) is 30.3 Å². The number of hydrogen-bond donors (Lipinski definition) is 1. The van der Waals surface area contributed by atoms with E-state index in [-0.39, 0.29) is 11.4 Å². The Kier molecular flexibility index (Phi) is 6.67. The van der Waals surface area contributed by atoms with Crippen LogP contribution >= 0.6 is 11.8 Å². The lowest BCUT2D eigenvalue weighted by molar-refractivity contribution is 0.214. The number of nitrogens with zero attached hydrogens (tertiary/aromatic N) is 1. The first-order valence-corrected chi connectivity index (χ1v) is 11.3. The minimum atomic E-state index is -0.0943. The number of urea groups is 1. The van der Waals surface area contributed by atoms with E-state index < -0.39 is 0 Å². The number of carbonyl (C=O) groups excluding carboxylic acids is 1. The summed E-state index contributed by atoms with van der Waals surface area (Å²) in [6.07, 6.45) is 0. The SMILES string of the molecule is COc1ccc(C2SCCN2C(=O)Nc2cccc(C)c2)cc1OCc1ccccc1. The largest absolute Gasteiger partial charge is 0.493 e. The fraction of sp³-hybridized carbons (Fsp3) is 0.240. The lowest BCUT2D eigenvalue weighted by atomic mass is 10.1. The number of carbonyl (C=O) groups is 1. The number of nitrogens with one attached hydrogen (secondary N) is 1. The van der Waals surface area contributed by atoms with Crippen LogP contribution in [0.3, 0.4) is 0 Å². The van der Waals surface area contributed by atoms with Crippen LogP contribution in [0.5, 0.6) is 11.5 Å². The van der Waals surface area contributed by atoms with E-state index in [2.05, 4.69) is 5.32 Å². The Balaban J connectivity index is 1.51. The van der Waals surface area contributed by atoms with Crippen LogP contribution in [0.2, 0.25) is 0 Å². The van der Waals surface area contributed by atoms with Crippen molar-refractivity contribution in [3.8, 4) is 11.5 Å². The lowest BCUT2D eigenvalue weighted by Crippen LogP contribution is -2.34. The Labute approximate surface area is 187 Å². The van der Waals surface area contributed by atoms with Crippen molar-refractivity contribution >= 4 is 23.5 Å². The Morgan fingerprint density at radius 2 is 1.90 bits per heavy atom. The zero-order valence-corrected chi connectivity index (χ0v) is 18.5. The molecule has 6 heteroatoms. The van der Waals surface area contributed by atoms with Crippen LogP contribution in [0.15, 0.2) is 72.8 Å². The molecule has 1 N–H and O–H groups in total. The second-order valence-corrected chi connectivity index (χ2v) is 8.59. The average molecular weight is 435 g/mol. The van der Waals surface area contributed by atoms with Crippen LogP contribution in [0.4, 0.5) is 10.5 Å². The van der Waals surface area contributed by atoms with Crippen molar-refractivity contribution in [3.05, 3.63) is 89.5 Å². The van der Waals surface area contributed by atoms with Crippen molar-refractivity contribution in [1.82, 2.24) is 4.90 Å². The monoisotopic (exact) mass is 434 g/mol. The number of thioether (sulfide) groups is 1. The summed E-state index contributed by atoms with van der Waals surface area (Å²) in [5.74, 6) is 2.24. The minimum Gasteiger partial charge on any atom is -0.493 e. The number of amides is 2. The van der Waals surface area contributed by atoms with Gasteiger partial charge in [0.1, 0.15) is 12.0 Å². The molecule has 0 saturated carbocycles. The number of anilines is 1. The second kappa shape index (κ2) is 9.79. The quantitative estimate of drug-likeness (QED) is 0.528. The van der Waals surface area contributed by atoms with E-state index in [1.165, 1.54) is 0 Å². The fourth-order valence-corrected chi connectivity index (χ4v) is 4.81. The summed E-state index contributed by atoms with van der Waals surface area (Å²) in [5, 5.41) is 2.95. The first-order valence-electron chi connectivity index (χ1n) is 10.2. The van der Waals surface area contributed by atoms with Crippen LogP contribution in [0, 0.1) is 6.92 Å². The Hall–Kier alpha value is -3.12. The molecule has 4 rings (SSSR count). The smallest absolute Gasteiger partial charge is 0.323 e. The lowest BCUT2D eigenvalue weighted by Gasteiger charge is -2.25. The summed E-state index contributed by atoms with van der Waals surface area (Å²) < 4.78 is 11.6. The summed E-state index contributed by atoms with van der Waals surface area (Å²) in [7, 11) is 1.64. The van der Waals surface area contributed by atoms with Crippen LogP contribution in [-0.2, 0) is 6.61 Å². The Morgan fingerprint density at radius 1 is 1.06 bits per heavy atom. The molecule has 1 fully saturated rings. The molecular formula is C25H26N2O3S. The minimum absolute atomic E-state index is 0.0743. The van der Waals surface area contributed by atoms with Crippen molar-refractivity contribution in [2.45, 2.75) is 18.9 Å². The van der Waals surface area contributed by atoms with Crippen molar-refractivity contribution in [1.29, 1.82) is 0 Å². The van der Waals surface area contributed by atoms with Gasteiger partial charge in [0.2, 0.25) is 0 Å². The van der Waals surface area contributed by atoms with Gasteiger partial charge in [0.25, 0.3) is 0 Å². The van der Waals surface area contributed by atoms with Crippen LogP contribution < -0.4 is 14.8 Å². The molecule has 0 aromatic heterocycles. The number of aryl methyl sites for hydroxylation is 1. The third-order valence-electron chi connectivity index (χ3n) is 5.13. The molecule has 3 aromatic carbocycles. The second-order valence-electron chi connectivity index (χ2n) is 7.40. The highest BCUT2D eigenvalue weighted by molar-refractivity contribution is 7.99. The molecule has 2 amide bonds. The maximum atomic E-state index is 13.0. The van der Waals surface area contributed by atoms with Gasteiger partial charge < -0.3 is 19.7 Å². The molecule has 0 radical (unpaired) electrons. The highest BCUT2D eigenvalue weighted by atomic mass is 32.2. The average Bonchev–Trinajstić information content (AvgIpc) is 3.28. The van der Waals surface area contributed by atoms with Gasteiger partial charge in [-0.15, -0.1) is 11.8 Å². The van der Waals surface area contributed by atoms with Gasteiger partial charge in [-0.3, -0.25) is 0 Å². The molecule has 3 aromatic rings. The molecule has 31 heavy (non-hydrogen) atoms. The zero-order valence-electron chi connectivity index (χ0n) is 17.7. The highest BCUT2D eigenvalue weighted by Crippen LogP contribution is 2.41. The topological polar surface area (TPSA) is 50.8 Å². The van der Waals surface area contributed by atoms with E-state index in [0.29, 0.717) is 24.7 Å². The number of hydrogen-bond acceptors (Lipinski definition) is 4. The van der Waals surface area contributed by atoms with E-state index in [0.717, 1.165) is 28.1 Å². The molecule has 1 atom stereocenters. The number of benzene rings is 3. The highest BCUT2D eigenvalue weighted by Gasteiger charge is 2.31. The molecule has 160 valence electrons.